The maximum absolute atomic E-state index is 2.64. The first kappa shape index (κ1) is 8.55. The smallest absolute Gasteiger partial charge is 0.00284 e. The molecule has 6 rings (SSSR count). The second-order valence-corrected chi connectivity index (χ2v) is 8.06. The van der Waals surface area contributed by atoms with Gasteiger partial charge in [0.2, 0.25) is 0 Å². The van der Waals surface area contributed by atoms with E-state index in [1.165, 1.54) is 6.42 Å². The van der Waals surface area contributed by atoms with Crippen molar-refractivity contribution < 1.29 is 0 Å². The van der Waals surface area contributed by atoms with E-state index in [4.69, 9.17) is 0 Å². The van der Waals surface area contributed by atoms with Crippen LogP contribution in [0, 0.1) is 39.9 Å². The molecule has 0 aromatic carbocycles. The maximum atomic E-state index is 2.64. The zero-order chi connectivity index (χ0) is 11.1. The maximum Gasteiger partial charge on any atom is 0.00284 e. The van der Waals surface area contributed by atoms with Crippen molar-refractivity contribution in [2.75, 3.05) is 0 Å². The lowest BCUT2D eigenvalue weighted by Crippen LogP contribution is -2.66. The van der Waals surface area contributed by atoms with Crippen LogP contribution in [-0.4, -0.2) is 0 Å². The Bertz CT molecular complexity index is 506. The minimum absolute atomic E-state index is 0.465. The van der Waals surface area contributed by atoms with E-state index < -0.39 is 0 Å². The molecule has 0 N–H and O–H groups in total. The van der Waals surface area contributed by atoms with Crippen LogP contribution in [0.2, 0.25) is 0 Å². The van der Waals surface area contributed by atoms with Crippen molar-refractivity contribution in [1.29, 1.82) is 0 Å². The van der Waals surface area contributed by atoms with Crippen molar-refractivity contribution in [3.05, 3.63) is 23.3 Å². The SMILES string of the molecule is CC12CC3(C)C4=CC5C(=C4)C(C51)C2C3(C)C. The van der Waals surface area contributed by atoms with Gasteiger partial charge in [0.1, 0.15) is 0 Å². The van der Waals surface area contributed by atoms with Crippen LogP contribution in [0.4, 0.5) is 0 Å². The molecule has 3 saturated carbocycles. The fourth-order valence-electron chi connectivity index (χ4n) is 6.93. The van der Waals surface area contributed by atoms with Crippen molar-refractivity contribution in [2.24, 2.45) is 39.9 Å². The Hall–Kier alpha value is -0.520. The van der Waals surface area contributed by atoms with Gasteiger partial charge in [0, 0.05) is 5.92 Å². The highest BCUT2D eigenvalue weighted by molar-refractivity contribution is 5.57. The molecule has 0 heteroatoms. The summed E-state index contributed by atoms with van der Waals surface area (Å²) in [4.78, 5) is 0. The van der Waals surface area contributed by atoms with E-state index >= 15 is 0 Å². The van der Waals surface area contributed by atoms with Gasteiger partial charge in [-0.05, 0) is 46.0 Å². The van der Waals surface area contributed by atoms with Gasteiger partial charge >= 0.3 is 0 Å². The summed E-state index contributed by atoms with van der Waals surface area (Å²) in [5.41, 5.74) is 5.17. The minimum atomic E-state index is 0.465. The average Bonchev–Trinajstić information content (AvgIpc) is 2.52. The van der Waals surface area contributed by atoms with E-state index in [0.29, 0.717) is 16.2 Å². The molecule has 84 valence electrons. The van der Waals surface area contributed by atoms with Gasteiger partial charge in [-0.2, -0.15) is 0 Å². The summed E-state index contributed by atoms with van der Waals surface area (Å²) < 4.78 is 0. The second kappa shape index (κ2) is 1.78. The van der Waals surface area contributed by atoms with Crippen LogP contribution in [0.3, 0.4) is 0 Å². The number of hydrogen-bond acceptors (Lipinski definition) is 0. The zero-order valence-electron chi connectivity index (χ0n) is 10.7. The Morgan fingerprint density at radius 1 is 1.19 bits per heavy atom. The van der Waals surface area contributed by atoms with E-state index in [9.17, 15) is 0 Å². The summed E-state index contributed by atoms with van der Waals surface area (Å²) in [5, 5.41) is 0. The molecule has 6 atom stereocenters. The normalized spacial score (nSPS) is 65.8. The molecule has 0 aromatic rings. The molecule has 0 saturated heterocycles. The van der Waals surface area contributed by atoms with Gasteiger partial charge in [0.05, 0.1) is 0 Å². The van der Waals surface area contributed by atoms with Gasteiger partial charge in [-0.3, -0.25) is 0 Å². The summed E-state index contributed by atoms with van der Waals surface area (Å²) in [6.45, 7) is 10.2. The second-order valence-electron chi connectivity index (χ2n) is 8.06. The van der Waals surface area contributed by atoms with Crippen molar-refractivity contribution in [1.82, 2.24) is 0 Å². The third-order valence-corrected chi connectivity index (χ3v) is 7.63. The van der Waals surface area contributed by atoms with Crippen LogP contribution in [0.25, 0.3) is 0 Å². The molecule has 0 heterocycles. The van der Waals surface area contributed by atoms with Crippen LogP contribution in [-0.2, 0) is 0 Å². The van der Waals surface area contributed by atoms with Crippen molar-refractivity contribution >= 4 is 0 Å². The van der Waals surface area contributed by atoms with E-state index in [1.54, 1.807) is 5.57 Å². The van der Waals surface area contributed by atoms with Gasteiger partial charge in [-0.1, -0.05) is 45.4 Å². The highest BCUT2D eigenvalue weighted by Crippen LogP contribution is 2.88. The van der Waals surface area contributed by atoms with E-state index in [0.717, 1.165) is 23.7 Å². The molecule has 0 spiro atoms. The summed E-state index contributed by atoms with van der Waals surface area (Å²) in [5.74, 6) is 3.84. The Labute approximate surface area is 97.8 Å². The third kappa shape index (κ3) is 0.475. The van der Waals surface area contributed by atoms with Crippen LogP contribution >= 0.6 is 0 Å². The third-order valence-electron chi connectivity index (χ3n) is 7.63. The van der Waals surface area contributed by atoms with Crippen LogP contribution in [0.1, 0.15) is 34.1 Å². The first-order valence-electron chi connectivity index (χ1n) is 6.85. The van der Waals surface area contributed by atoms with Gasteiger partial charge in [0.25, 0.3) is 0 Å². The topological polar surface area (TPSA) is 0 Å². The standard InChI is InChI=1S/C16H20/c1-14(2)13-11-9-5-8-6-10(9)12(11)15(13,3)7-16(8,14)4/h5-6,10-13H,7H2,1-4H3. The van der Waals surface area contributed by atoms with E-state index in [-0.39, 0.29) is 0 Å². The highest BCUT2D eigenvalue weighted by atomic mass is 14.8. The molecular weight excluding hydrogens is 192 g/mol. The molecule has 0 radical (unpaired) electrons. The van der Waals surface area contributed by atoms with Gasteiger partial charge in [-0.25, -0.2) is 0 Å². The molecular formula is C16H20. The fraction of sp³-hybridized carbons (Fsp3) is 0.750. The molecule has 0 aliphatic heterocycles. The Morgan fingerprint density at radius 2 is 1.94 bits per heavy atom. The van der Waals surface area contributed by atoms with Crippen molar-refractivity contribution in [3.8, 4) is 0 Å². The molecule has 0 aromatic heterocycles. The quantitative estimate of drug-likeness (QED) is 0.573. The molecule has 16 heavy (non-hydrogen) atoms. The Morgan fingerprint density at radius 3 is 2.69 bits per heavy atom. The Balaban J connectivity index is 1.90. The molecule has 6 unspecified atom stereocenters. The number of allylic oxidation sites excluding steroid dienone is 4. The molecule has 6 aliphatic carbocycles. The highest BCUT2D eigenvalue weighted by Gasteiger charge is 2.81. The first-order chi connectivity index (χ1) is 7.41. The predicted octanol–water partition coefficient (Wildman–Crippen LogP) is 3.80. The van der Waals surface area contributed by atoms with E-state index in [2.05, 4.69) is 39.8 Å². The van der Waals surface area contributed by atoms with Crippen LogP contribution in [0.5, 0.6) is 0 Å². The molecule has 3 fully saturated rings. The van der Waals surface area contributed by atoms with Gasteiger partial charge in [-0.15, -0.1) is 0 Å². The minimum Gasteiger partial charge on any atom is -0.0732 e. The average molecular weight is 212 g/mol. The largest absolute Gasteiger partial charge is 0.0732 e. The zero-order valence-corrected chi connectivity index (χ0v) is 10.7. The van der Waals surface area contributed by atoms with Crippen LogP contribution < -0.4 is 0 Å². The Kier molecular flexibility index (Phi) is 0.950. The first-order valence-corrected chi connectivity index (χ1v) is 6.85. The van der Waals surface area contributed by atoms with Gasteiger partial charge < -0.3 is 0 Å². The number of rotatable bonds is 0. The van der Waals surface area contributed by atoms with Crippen molar-refractivity contribution in [2.45, 2.75) is 34.1 Å². The fourth-order valence-corrected chi connectivity index (χ4v) is 6.93. The van der Waals surface area contributed by atoms with Gasteiger partial charge in [0.15, 0.2) is 0 Å². The summed E-state index contributed by atoms with van der Waals surface area (Å²) >= 11 is 0. The summed E-state index contributed by atoms with van der Waals surface area (Å²) in [7, 11) is 0. The molecule has 6 aliphatic rings. The monoisotopic (exact) mass is 212 g/mol. The number of hydrogen-bond donors (Lipinski definition) is 0. The molecule has 0 nitrogen and oxygen atoms in total. The molecule has 6 bridgehead atoms. The van der Waals surface area contributed by atoms with E-state index in [1.807, 2.05) is 5.57 Å². The lowest BCUT2D eigenvalue weighted by atomic mass is 9.33. The van der Waals surface area contributed by atoms with Crippen molar-refractivity contribution in [3.63, 3.8) is 0 Å². The lowest BCUT2D eigenvalue weighted by molar-refractivity contribution is -0.169. The molecule has 0 amide bonds. The summed E-state index contributed by atoms with van der Waals surface area (Å²) in [6, 6.07) is 0. The lowest BCUT2D eigenvalue weighted by Gasteiger charge is -2.70. The summed E-state index contributed by atoms with van der Waals surface area (Å²) in [6.07, 6.45) is 6.68. The predicted molar refractivity (Wildman–Crippen MR) is 64.7 cm³/mol. The van der Waals surface area contributed by atoms with Crippen LogP contribution in [0.15, 0.2) is 23.3 Å².